The Bertz CT molecular complexity index is 899. The monoisotopic (exact) mass is 427 g/mol. The molecule has 1 fully saturated rings. The van der Waals surface area contributed by atoms with E-state index in [1.165, 1.54) is 16.7 Å². The second kappa shape index (κ2) is 8.94. The van der Waals surface area contributed by atoms with E-state index in [9.17, 15) is 4.79 Å². The van der Waals surface area contributed by atoms with Crippen LogP contribution in [0.5, 0.6) is 0 Å². The lowest BCUT2D eigenvalue weighted by Gasteiger charge is -2.46. The molecule has 160 valence electrons. The summed E-state index contributed by atoms with van der Waals surface area (Å²) in [7, 11) is -1.49. The molecule has 1 saturated heterocycles. The fourth-order valence-corrected chi connectivity index (χ4v) is 6.46. The summed E-state index contributed by atoms with van der Waals surface area (Å²) in [5.74, 6) is 0.420. The van der Waals surface area contributed by atoms with E-state index >= 15 is 0 Å². The van der Waals surface area contributed by atoms with E-state index in [2.05, 4.69) is 116 Å². The molecule has 4 rings (SSSR count). The average molecular weight is 428 g/mol. The summed E-state index contributed by atoms with van der Waals surface area (Å²) in [5, 5.41) is 0. The molecule has 0 aliphatic carbocycles. The Morgan fingerprint density at radius 2 is 1.23 bits per heavy atom. The highest BCUT2D eigenvalue weighted by molar-refractivity contribution is 6.78. The number of nitrogens with zero attached hydrogens (tertiary/aromatic N) is 1. The molecule has 0 unspecified atom stereocenters. The van der Waals surface area contributed by atoms with Gasteiger partial charge in [-0.3, -0.25) is 9.69 Å². The van der Waals surface area contributed by atoms with Gasteiger partial charge >= 0.3 is 0 Å². The standard InChI is InChI=1S/C28H33NOSi/c1-31(2,3)22-27(30)26-20-13-21-29(26)28(23-14-7-4-8-15-23,24-16-9-5-10-17-24)25-18-11-6-12-19-25/h4-12,14-19,26H,13,20-22H2,1-3H3/t26-/m1/s1. The molecule has 1 heterocycles. The molecule has 0 aromatic heterocycles. The summed E-state index contributed by atoms with van der Waals surface area (Å²) in [6, 6.07) is 32.9. The summed E-state index contributed by atoms with van der Waals surface area (Å²) in [6.45, 7) is 7.80. The van der Waals surface area contributed by atoms with Crippen LogP contribution in [0, 0.1) is 0 Å². The molecule has 1 aliphatic rings. The third-order valence-electron chi connectivity index (χ3n) is 6.33. The van der Waals surface area contributed by atoms with Crippen LogP contribution >= 0.6 is 0 Å². The van der Waals surface area contributed by atoms with Crippen molar-refractivity contribution in [2.24, 2.45) is 0 Å². The minimum absolute atomic E-state index is 0.0488. The van der Waals surface area contributed by atoms with Crippen LogP contribution in [-0.2, 0) is 10.3 Å². The van der Waals surface area contributed by atoms with E-state index in [1.807, 2.05) is 0 Å². The molecule has 0 bridgehead atoms. The highest BCUT2D eigenvalue weighted by atomic mass is 28.3. The highest BCUT2D eigenvalue weighted by Crippen LogP contribution is 2.46. The third kappa shape index (κ3) is 4.30. The normalized spacial score (nSPS) is 17.6. The molecule has 0 saturated carbocycles. The van der Waals surface area contributed by atoms with Crippen molar-refractivity contribution < 1.29 is 4.79 Å². The van der Waals surface area contributed by atoms with Crippen molar-refractivity contribution in [3.05, 3.63) is 108 Å². The molecule has 0 spiro atoms. The van der Waals surface area contributed by atoms with E-state index in [-0.39, 0.29) is 6.04 Å². The predicted octanol–water partition coefficient (Wildman–Crippen LogP) is 6.35. The minimum atomic E-state index is -1.49. The molecular formula is C28H33NOSi. The van der Waals surface area contributed by atoms with Crippen LogP contribution in [-0.4, -0.2) is 31.3 Å². The number of benzene rings is 3. The van der Waals surface area contributed by atoms with Crippen molar-refractivity contribution in [1.82, 2.24) is 4.90 Å². The molecular weight excluding hydrogens is 394 g/mol. The Morgan fingerprint density at radius 3 is 1.61 bits per heavy atom. The van der Waals surface area contributed by atoms with Crippen LogP contribution in [0.2, 0.25) is 25.7 Å². The van der Waals surface area contributed by atoms with Crippen LogP contribution in [0.4, 0.5) is 0 Å². The minimum Gasteiger partial charge on any atom is -0.298 e. The van der Waals surface area contributed by atoms with Crippen LogP contribution in [0.1, 0.15) is 29.5 Å². The van der Waals surface area contributed by atoms with Crippen molar-refractivity contribution in [3.63, 3.8) is 0 Å². The molecule has 0 amide bonds. The Labute approximate surface area is 187 Å². The zero-order valence-corrected chi connectivity index (χ0v) is 19.9. The van der Waals surface area contributed by atoms with Crippen molar-refractivity contribution in [2.45, 2.75) is 50.1 Å². The van der Waals surface area contributed by atoms with Crippen LogP contribution in [0.15, 0.2) is 91.0 Å². The number of Topliss-reactive ketones (excluding diaryl/α,β-unsaturated/α-hetero) is 1. The largest absolute Gasteiger partial charge is 0.298 e. The van der Waals surface area contributed by atoms with Crippen LogP contribution in [0.25, 0.3) is 0 Å². The Kier molecular flexibility index (Phi) is 6.26. The van der Waals surface area contributed by atoms with Crippen LogP contribution < -0.4 is 0 Å². The van der Waals surface area contributed by atoms with Gasteiger partial charge < -0.3 is 0 Å². The van der Waals surface area contributed by atoms with Crippen molar-refractivity contribution >= 4 is 13.9 Å². The predicted molar refractivity (Wildman–Crippen MR) is 132 cm³/mol. The maximum Gasteiger partial charge on any atom is 0.147 e. The smallest absolute Gasteiger partial charge is 0.147 e. The van der Waals surface area contributed by atoms with Crippen molar-refractivity contribution in [1.29, 1.82) is 0 Å². The van der Waals surface area contributed by atoms with Gasteiger partial charge in [0.15, 0.2) is 0 Å². The number of likely N-dealkylation sites (tertiary alicyclic amines) is 1. The molecule has 31 heavy (non-hydrogen) atoms. The second-order valence-corrected chi connectivity index (χ2v) is 15.3. The number of ketones is 1. The number of hydrogen-bond donors (Lipinski definition) is 0. The topological polar surface area (TPSA) is 20.3 Å². The number of carbonyl (C=O) groups is 1. The summed E-state index contributed by atoms with van der Waals surface area (Å²) in [6.07, 6.45) is 1.99. The highest BCUT2D eigenvalue weighted by Gasteiger charge is 2.48. The summed E-state index contributed by atoms with van der Waals surface area (Å²) >= 11 is 0. The summed E-state index contributed by atoms with van der Waals surface area (Å²) < 4.78 is 0. The van der Waals surface area contributed by atoms with Gasteiger partial charge in [0, 0.05) is 12.6 Å². The fraction of sp³-hybridized carbons (Fsp3) is 0.321. The SMILES string of the molecule is C[Si](C)(C)CC(=O)[C@H]1CCCN1C(c1ccccc1)(c1ccccc1)c1ccccc1. The van der Waals surface area contributed by atoms with Gasteiger partial charge in [0.25, 0.3) is 0 Å². The first-order chi connectivity index (χ1) is 14.9. The van der Waals surface area contributed by atoms with E-state index in [0.717, 1.165) is 25.4 Å². The first-order valence-corrected chi connectivity index (χ1v) is 15.1. The maximum atomic E-state index is 13.6. The molecule has 0 radical (unpaired) electrons. The first kappa shape index (κ1) is 21.7. The zero-order chi connectivity index (χ0) is 21.9. The molecule has 3 aromatic rings. The molecule has 3 heteroatoms. The van der Waals surface area contributed by atoms with Gasteiger partial charge in [-0.25, -0.2) is 0 Å². The second-order valence-electron chi connectivity index (χ2n) is 9.86. The van der Waals surface area contributed by atoms with E-state index < -0.39 is 13.6 Å². The lowest BCUT2D eigenvalue weighted by molar-refractivity contribution is -0.122. The fourth-order valence-electron chi connectivity index (χ4n) is 5.18. The number of rotatable bonds is 7. The quantitative estimate of drug-likeness (QED) is 0.323. The molecule has 1 aliphatic heterocycles. The van der Waals surface area contributed by atoms with Gasteiger partial charge in [-0.2, -0.15) is 0 Å². The Morgan fingerprint density at radius 1 is 0.806 bits per heavy atom. The van der Waals surface area contributed by atoms with E-state index in [1.54, 1.807) is 0 Å². The van der Waals surface area contributed by atoms with Gasteiger partial charge in [-0.1, -0.05) is 111 Å². The maximum absolute atomic E-state index is 13.6. The zero-order valence-electron chi connectivity index (χ0n) is 18.9. The summed E-state index contributed by atoms with van der Waals surface area (Å²) in [5.41, 5.74) is 3.18. The summed E-state index contributed by atoms with van der Waals surface area (Å²) in [4.78, 5) is 16.1. The van der Waals surface area contributed by atoms with Gasteiger partial charge in [0.1, 0.15) is 5.78 Å². The number of carbonyl (C=O) groups excluding carboxylic acids is 1. The van der Waals surface area contributed by atoms with Gasteiger partial charge in [-0.15, -0.1) is 0 Å². The van der Waals surface area contributed by atoms with Gasteiger partial charge in [0.2, 0.25) is 0 Å². The third-order valence-corrected chi connectivity index (χ3v) is 7.74. The van der Waals surface area contributed by atoms with E-state index in [0.29, 0.717) is 5.78 Å². The first-order valence-electron chi connectivity index (χ1n) is 11.4. The lowest BCUT2D eigenvalue weighted by atomic mass is 9.75. The Hall–Kier alpha value is -2.49. The van der Waals surface area contributed by atoms with Crippen molar-refractivity contribution in [2.75, 3.05) is 6.54 Å². The van der Waals surface area contributed by atoms with Gasteiger partial charge in [-0.05, 0) is 29.5 Å². The van der Waals surface area contributed by atoms with E-state index in [4.69, 9.17) is 0 Å². The average Bonchev–Trinajstić information content (AvgIpc) is 3.26. The molecule has 0 N–H and O–H groups in total. The molecule has 1 atom stereocenters. The van der Waals surface area contributed by atoms with Crippen LogP contribution in [0.3, 0.4) is 0 Å². The Balaban J connectivity index is 1.95. The molecule has 2 nitrogen and oxygen atoms in total. The van der Waals surface area contributed by atoms with Gasteiger partial charge in [0.05, 0.1) is 19.7 Å². The number of hydrogen-bond acceptors (Lipinski definition) is 2. The lowest BCUT2D eigenvalue weighted by Crippen LogP contribution is -2.53. The van der Waals surface area contributed by atoms with Crippen molar-refractivity contribution in [3.8, 4) is 0 Å². The molecule has 3 aromatic carbocycles.